The van der Waals surface area contributed by atoms with Crippen molar-refractivity contribution in [3.8, 4) is 0 Å². The maximum Gasteiger partial charge on any atom is 0.311 e. The van der Waals surface area contributed by atoms with Crippen molar-refractivity contribution in [1.82, 2.24) is 4.98 Å². The average molecular weight is 329 g/mol. The Bertz CT molecular complexity index is 913. The zero-order valence-electron chi connectivity index (χ0n) is 12.4. The zero-order chi connectivity index (χ0) is 17.3. The van der Waals surface area contributed by atoms with Crippen molar-refractivity contribution in [2.75, 3.05) is 0 Å². The van der Waals surface area contributed by atoms with Gasteiger partial charge in [-0.15, -0.1) is 0 Å². The maximum atomic E-state index is 13.3. The van der Waals surface area contributed by atoms with E-state index in [1.54, 1.807) is 30.5 Å². The molecule has 0 aliphatic heterocycles. The largest absolute Gasteiger partial charge is 0.481 e. The van der Waals surface area contributed by atoms with Gasteiger partial charge in [-0.1, -0.05) is 18.2 Å². The summed E-state index contributed by atoms with van der Waals surface area (Å²) < 4.78 is 26.5. The predicted molar refractivity (Wildman–Crippen MR) is 84.0 cm³/mol. The van der Waals surface area contributed by atoms with Crippen molar-refractivity contribution in [2.45, 2.75) is 12.3 Å². The van der Waals surface area contributed by atoms with Crippen LogP contribution in [-0.4, -0.2) is 21.8 Å². The summed E-state index contributed by atoms with van der Waals surface area (Å²) in [6.45, 7) is 0. The molecule has 0 saturated carbocycles. The fourth-order valence-electron chi connectivity index (χ4n) is 2.73. The first-order chi connectivity index (χ1) is 11.5. The van der Waals surface area contributed by atoms with Crippen LogP contribution in [0.3, 0.4) is 0 Å². The van der Waals surface area contributed by atoms with Gasteiger partial charge in [-0.3, -0.25) is 9.59 Å². The second kappa shape index (κ2) is 6.23. The lowest BCUT2D eigenvalue weighted by atomic mass is 9.91. The molecule has 0 bridgehead atoms. The van der Waals surface area contributed by atoms with Gasteiger partial charge in [-0.2, -0.15) is 0 Å². The molecule has 1 heterocycles. The Hall–Kier alpha value is -3.02. The number of ketones is 1. The van der Waals surface area contributed by atoms with Crippen LogP contribution in [0, 0.1) is 11.6 Å². The molecule has 1 unspecified atom stereocenters. The second-order valence-electron chi connectivity index (χ2n) is 5.47. The molecule has 0 aliphatic rings. The van der Waals surface area contributed by atoms with E-state index in [1.165, 1.54) is 0 Å². The lowest BCUT2D eigenvalue weighted by Gasteiger charge is -2.11. The van der Waals surface area contributed by atoms with Crippen LogP contribution in [0.4, 0.5) is 8.78 Å². The number of H-pyrrole nitrogens is 1. The van der Waals surface area contributed by atoms with Gasteiger partial charge < -0.3 is 10.1 Å². The summed E-state index contributed by atoms with van der Waals surface area (Å²) in [5.74, 6) is -4.68. The van der Waals surface area contributed by atoms with Gasteiger partial charge >= 0.3 is 5.97 Å². The Morgan fingerprint density at radius 1 is 1.08 bits per heavy atom. The fourth-order valence-corrected chi connectivity index (χ4v) is 2.73. The molecule has 0 spiro atoms. The zero-order valence-corrected chi connectivity index (χ0v) is 12.4. The molecule has 3 aromatic rings. The van der Waals surface area contributed by atoms with Crippen LogP contribution in [0.15, 0.2) is 48.7 Å². The monoisotopic (exact) mass is 329 g/mol. The second-order valence-corrected chi connectivity index (χ2v) is 5.47. The normalized spacial score (nSPS) is 12.2. The van der Waals surface area contributed by atoms with Gasteiger partial charge in [0.2, 0.25) is 0 Å². The quantitative estimate of drug-likeness (QED) is 0.698. The fraction of sp³-hybridized carbons (Fsp3) is 0.111. The molecule has 0 fully saturated rings. The molecule has 6 heteroatoms. The van der Waals surface area contributed by atoms with Gasteiger partial charge in [-0.05, 0) is 23.8 Å². The average Bonchev–Trinajstić information content (AvgIpc) is 2.95. The van der Waals surface area contributed by atoms with E-state index in [-0.39, 0.29) is 12.0 Å². The Balaban J connectivity index is 1.95. The van der Waals surface area contributed by atoms with E-state index in [0.717, 1.165) is 17.6 Å². The van der Waals surface area contributed by atoms with E-state index in [1.807, 2.05) is 0 Å². The number of carbonyl (C=O) groups excluding carboxylic acids is 1. The number of aliphatic carboxylic acids is 1. The van der Waals surface area contributed by atoms with E-state index in [4.69, 9.17) is 0 Å². The van der Waals surface area contributed by atoms with Gasteiger partial charge in [0.05, 0.1) is 5.92 Å². The Kier molecular flexibility index (Phi) is 4.12. The number of carbonyl (C=O) groups is 2. The van der Waals surface area contributed by atoms with Gasteiger partial charge in [0.25, 0.3) is 0 Å². The molecule has 0 amide bonds. The Morgan fingerprint density at radius 3 is 2.42 bits per heavy atom. The third kappa shape index (κ3) is 3.03. The lowest BCUT2D eigenvalue weighted by Crippen LogP contribution is -2.16. The summed E-state index contributed by atoms with van der Waals surface area (Å²) in [6, 6.07) is 9.58. The first kappa shape index (κ1) is 15.9. The molecule has 0 radical (unpaired) electrons. The number of Topliss-reactive ketones (excluding diaryl/α,β-unsaturated/α-hetero) is 1. The van der Waals surface area contributed by atoms with Crippen LogP contribution in [0.25, 0.3) is 10.9 Å². The number of para-hydroxylation sites is 1. The molecule has 1 atom stereocenters. The summed E-state index contributed by atoms with van der Waals surface area (Å²) in [6.07, 6.45) is 1.16. The number of rotatable bonds is 5. The van der Waals surface area contributed by atoms with Gasteiger partial charge in [-0.25, -0.2) is 8.78 Å². The number of nitrogens with one attached hydrogen (secondary N) is 1. The van der Waals surface area contributed by atoms with Gasteiger partial charge in [0, 0.05) is 35.2 Å². The number of carboxylic acid groups (broad SMARTS) is 1. The molecule has 0 saturated heterocycles. The summed E-state index contributed by atoms with van der Waals surface area (Å²) in [4.78, 5) is 26.9. The highest BCUT2D eigenvalue weighted by molar-refractivity contribution is 6.00. The highest BCUT2D eigenvalue weighted by Gasteiger charge is 2.26. The van der Waals surface area contributed by atoms with Crippen molar-refractivity contribution in [2.24, 2.45) is 0 Å². The number of hydrogen-bond donors (Lipinski definition) is 2. The number of halogens is 2. The van der Waals surface area contributed by atoms with Crippen LogP contribution in [-0.2, 0) is 4.79 Å². The van der Waals surface area contributed by atoms with E-state index in [2.05, 4.69) is 4.98 Å². The van der Waals surface area contributed by atoms with E-state index in [0.29, 0.717) is 17.0 Å². The smallest absolute Gasteiger partial charge is 0.311 e. The molecular formula is C18H13F2NO3. The molecule has 3 rings (SSSR count). The number of aromatic nitrogens is 1. The Morgan fingerprint density at radius 2 is 1.75 bits per heavy atom. The third-order valence-electron chi connectivity index (χ3n) is 3.87. The summed E-state index contributed by atoms with van der Waals surface area (Å²) in [5.41, 5.74) is 1.03. The first-order valence-corrected chi connectivity index (χ1v) is 7.24. The van der Waals surface area contributed by atoms with E-state index < -0.39 is 29.3 Å². The minimum atomic E-state index is -1.18. The van der Waals surface area contributed by atoms with Crippen molar-refractivity contribution in [1.29, 1.82) is 0 Å². The summed E-state index contributed by atoms with van der Waals surface area (Å²) in [7, 11) is 0. The molecule has 2 aromatic carbocycles. The lowest BCUT2D eigenvalue weighted by molar-refractivity contribution is -0.138. The molecule has 122 valence electrons. The van der Waals surface area contributed by atoms with Gasteiger partial charge in [0.15, 0.2) is 5.78 Å². The number of aromatic amines is 1. The standard InChI is InChI=1S/C18H13F2NO3/c19-11-5-10(6-12(20)7-11)17(22)8-14(18(23)24)15-9-21-16-4-2-1-3-13(15)16/h1-7,9,14,21H,8H2,(H,23,24). The molecular weight excluding hydrogens is 316 g/mol. The number of hydrogen-bond acceptors (Lipinski definition) is 2. The Labute approximate surface area is 135 Å². The van der Waals surface area contributed by atoms with Crippen LogP contribution in [0.2, 0.25) is 0 Å². The maximum absolute atomic E-state index is 13.3. The molecule has 1 aromatic heterocycles. The summed E-state index contributed by atoms with van der Waals surface area (Å²) >= 11 is 0. The van der Waals surface area contributed by atoms with Crippen LogP contribution in [0.5, 0.6) is 0 Å². The summed E-state index contributed by atoms with van der Waals surface area (Å²) in [5, 5.41) is 10.2. The van der Waals surface area contributed by atoms with Crippen molar-refractivity contribution < 1.29 is 23.5 Å². The SMILES string of the molecule is O=C(CC(C(=O)O)c1c[nH]c2ccccc12)c1cc(F)cc(F)c1. The van der Waals surface area contributed by atoms with Crippen LogP contribution < -0.4 is 0 Å². The highest BCUT2D eigenvalue weighted by Crippen LogP contribution is 2.29. The predicted octanol–water partition coefficient (Wildman–Crippen LogP) is 3.89. The number of fused-ring (bicyclic) bond motifs is 1. The highest BCUT2D eigenvalue weighted by atomic mass is 19.1. The molecule has 24 heavy (non-hydrogen) atoms. The van der Waals surface area contributed by atoms with Crippen molar-refractivity contribution in [3.05, 3.63) is 71.4 Å². The van der Waals surface area contributed by atoms with Crippen LogP contribution >= 0.6 is 0 Å². The third-order valence-corrected chi connectivity index (χ3v) is 3.87. The number of carboxylic acids is 1. The molecule has 2 N–H and O–H groups in total. The van der Waals surface area contributed by atoms with Crippen molar-refractivity contribution >= 4 is 22.7 Å². The molecule has 0 aliphatic carbocycles. The minimum absolute atomic E-state index is 0.182. The first-order valence-electron chi connectivity index (χ1n) is 7.24. The number of benzene rings is 2. The molecule has 4 nitrogen and oxygen atoms in total. The topological polar surface area (TPSA) is 70.2 Å². The van der Waals surface area contributed by atoms with Crippen molar-refractivity contribution in [3.63, 3.8) is 0 Å². The van der Waals surface area contributed by atoms with Gasteiger partial charge in [0.1, 0.15) is 11.6 Å². The minimum Gasteiger partial charge on any atom is -0.481 e. The van der Waals surface area contributed by atoms with E-state index >= 15 is 0 Å². The van der Waals surface area contributed by atoms with Crippen LogP contribution in [0.1, 0.15) is 28.3 Å². The van der Waals surface area contributed by atoms with E-state index in [9.17, 15) is 23.5 Å².